The summed E-state index contributed by atoms with van der Waals surface area (Å²) >= 11 is 1.57. The quantitative estimate of drug-likeness (QED) is 0.643. The van der Waals surface area contributed by atoms with Crippen LogP contribution in [0.2, 0.25) is 0 Å². The predicted octanol–water partition coefficient (Wildman–Crippen LogP) is 4.25. The number of ether oxygens (including phenoxy) is 2. The van der Waals surface area contributed by atoms with Gasteiger partial charge in [0.1, 0.15) is 0 Å². The SMILES string of the molecule is CCOc1ccc([C@H](C)NS(=O)(=O)c2ccc(SC)cc2)cc1OCC. The molecule has 0 aromatic heterocycles. The lowest BCUT2D eigenvalue weighted by molar-refractivity contribution is 0.287. The van der Waals surface area contributed by atoms with Crippen LogP contribution < -0.4 is 14.2 Å². The Morgan fingerprint density at radius 1 is 1.00 bits per heavy atom. The smallest absolute Gasteiger partial charge is 0.241 e. The number of hydrogen-bond acceptors (Lipinski definition) is 5. The number of rotatable bonds is 9. The van der Waals surface area contributed by atoms with Crippen molar-refractivity contribution in [1.29, 1.82) is 0 Å². The summed E-state index contributed by atoms with van der Waals surface area (Å²) in [6, 6.07) is 11.9. The molecule has 5 nitrogen and oxygen atoms in total. The van der Waals surface area contributed by atoms with Gasteiger partial charge in [-0.05, 0) is 69.0 Å². The highest BCUT2D eigenvalue weighted by Crippen LogP contribution is 2.31. The molecular formula is C19H25NO4S2. The van der Waals surface area contributed by atoms with E-state index in [2.05, 4.69) is 4.72 Å². The van der Waals surface area contributed by atoms with E-state index in [9.17, 15) is 8.42 Å². The topological polar surface area (TPSA) is 64.6 Å². The predicted molar refractivity (Wildman–Crippen MR) is 106 cm³/mol. The first-order valence-corrected chi connectivity index (χ1v) is 11.2. The summed E-state index contributed by atoms with van der Waals surface area (Å²) in [4.78, 5) is 1.27. The van der Waals surface area contributed by atoms with Gasteiger partial charge in [0.15, 0.2) is 11.5 Å². The fourth-order valence-electron chi connectivity index (χ4n) is 2.46. The first-order chi connectivity index (χ1) is 12.4. The standard InChI is InChI=1S/C19H25NO4S2/c1-5-23-18-12-7-15(13-19(18)24-6-2)14(3)20-26(21,22)17-10-8-16(25-4)9-11-17/h7-14,20H,5-6H2,1-4H3/t14-/m0/s1. The van der Waals surface area contributed by atoms with Crippen molar-refractivity contribution < 1.29 is 17.9 Å². The van der Waals surface area contributed by atoms with Crippen LogP contribution in [-0.4, -0.2) is 27.9 Å². The molecule has 0 unspecified atom stereocenters. The molecular weight excluding hydrogens is 370 g/mol. The van der Waals surface area contributed by atoms with Gasteiger partial charge < -0.3 is 9.47 Å². The zero-order valence-electron chi connectivity index (χ0n) is 15.5. The monoisotopic (exact) mass is 395 g/mol. The van der Waals surface area contributed by atoms with E-state index in [1.54, 1.807) is 43.0 Å². The van der Waals surface area contributed by atoms with Crippen LogP contribution >= 0.6 is 11.8 Å². The number of hydrogen-bond donors (Lipinski definition) is 1. The zero-order chi connectivity index (χ0) is 19.2. The number of nitrogens with one attached hydrogen (secondary N) is 1. The van der Waals surface area contributed by atoms with Crippen molar-refractivity contribution in [2.75, 3.05) is 19.5 Å². The molecule has 0 spiro atoms. The van der Waals surface area contributed by atoms with E-state index in [0.717, 1.165) is 10.5 Å². The van der Waals surface area contributed by atoms with Crippen LogP contribution in [0.3, 0.4) is 0 Å². The van der Waals surface area contributed by atoms with Gasteiger partial charge >= 0.3 is 0 Å². The van der Waals surface area contributed by atoms with Crippen molar-refractivity contribution >= 4 is 21.8 Å². The summed E-state index contributed by atoms with van der Waals surface area (Å²) in [5, 5.41) is 0. The maximum atomic E-state index is 12.6. The Morgan fingerprint density at radius 3 is 2.19 bits per heavy atom. The molecule has 0 radical (unpaired) electrons. The van der Waals surface area contributed by atoms with Crippen LogP contribution in [0.1, 0.15) is 32.4 Å². The van der Waals surface area contributed by atoms with Crippen molar-refractivity contribution in [2.24, 2.45) is 0 Å². The van der Waals surface area contributed by atoms with Crippen LogP contribution in [0.25, 0.3) is 0 Å². The highest BCUT2D eigenvalue weighted by Gasteiger charge is 2.19. The molecule has 2 aromatic carbocycles. The molecule has 1 atom stereocenters. The molecule has 0 heterocycles. The molecule has 0 saturated heterocycles. The third-order valence-electron chi connectivity index (χ3n) is 3.77. The minimum Gasteiger partial charge on any atom is -0.490 e. The maximum absolute atomic E-state index is 12.6. The number of thioether (sulfide) groups is 1. The molecule has 26 heavy (non-hydrogen) atoms. The lowest BCUT2D eigenvalue weighted by Gasteiger charge is -2.17. The van der Waals surface area contributed by atoms with Crippen molar-refractivity contribution in [1.82, 2.24) is 4.72 Å². The van der Waals surface area contributed by atoms with Crippen LogP contribution in [0, 0.1) is 0 Å². The second-order valence-corrected chi connectivity index (χ2v) is 8.18. The van der Waals surface area contributed by atoms with E-state index in [0.29, 0.717) is 24.7 Å². The van der Waals surface area contributed by atoms with E-state index in [1.807, 2.05) is 38.3 Å². The molecule has 0 amide bonds. The van der Waals surface area contributed by atoms with Gasteiger partial charge in [0.2, 0.25) is 10.0 Å². The Labute approximate surface area is 160 Å². The van der Waals surface area contributed by atoms with Gasteiger partial charge in [-0.1, -0.05) is 6.07 Å². The first kappa shape index (κ1) is 20.6. The van der Waals surface area contributed by atoms with Gasteiger partial charge in [0, 0.05) is 10.9 Å². The summed E-state index contributed by atoms with van der Waals surface area (Å²) in [7, 11) is -3.61. The average Bonchev–Trinajstić information content (AvgIpc) is 2.63. The van der Waals surface area contributed by atoms with Gasteiger partial charge in [0.05, 0.1) is 18.1 Å². The second kappa shape index (κ2) is 9.30. The van der Waals surface area contributed by atoms with Gasteiger partial charge in [0.25, 0.3) is 0 Å². The van der Waals surface area contributed by atoms with Crippen molar-refractivity contribution in [3.05, 3.63) is 48.0 Å². The normalized spacial score (nSPS) is 12.6. The Balaban J connectivity index is 2.22. The van der Waals surface area contributed by atoms with Crippen molar-refractivity contribution in [3.8, 4) is 11.5 Å². The Kier molecular flexibility index (Phi) is 7.37. The molecule has 0 aliphatic rings. The van der Waals surface area contributed by atoms with E-state index < -0.39 is 16.1 Å². The molecule has 142 valence electrons. The first-order valence-electron chi connectivity index (χ1n) is 8.47. The summed E-state index contributed by atoms with van der Waals surface area (Å²) in [5.41, 5.74) is 0.807. The van der Waals surface area contributed by atoms with E-state index >= 15 is 0 Å². The molecule has 7 heteroatoms. The maximum Gasteiger partial charge on any atom is 0.241 e. The minimum absolute atomic E-state index is 0.248. The molecule has 0 aliphatic carbocycles. The Bertz CT molecular complexity index is 820. The molecule has 1 N–H and O–H groups in total. The highest BCUT2D eigenvalue weighted by molar-refractivity contribution is 7.98. The number of sulfonamides is 1. The molecule has 0 aliphatic heterocycles. The summed E-state index contributed by atoms with van der Waals surface area (Å²) in [6.45, 7) is 6.65. The van der Waals surface area contributed by atoms with E-state index in [4.69, 9.17) is 9.47 Å². The molecule has 2 rings (SSSR count). The van der Waals surface area contributed by atoms with Gasteiger partial charge in [-0.2, -0.15) is 0 Å². The fraction of sp³-hybridized carbons (Fsp3) is 0.368. The van der Waals surface area contributed by atoms with Crippen LogP contribution in [0.4, 0.5) is 0 Å². The molecule has 0 fully saturated rings. The van der Waals surface area contributed by atoms with E-state index in [-0.39, 0.29) is 4.90 Å². The van der Waals surface area contributed by atoms with Crippen LogP contribution in [0.5, 0.6) is 11.5 Å². The lowest BCUT2D eigenvalue weighted by atomic mass is 10.1. The minimum atomic E-state index is -3.61. The van der Waals surface area contributed by atoms with Gasteiger partial charge in [-0.25, -0.2) is 13.1 Å². The van der Waals surface area contributed by atoms with Gasteiger partial charge in [-0.15, -0.1) is 11.8 Å². The largest absolute Gasteiger partial charge is 0.490 e. The highest BCUT2D eigenvalue weighted by atomic mass is 32.2. The summed E-state index contributed by atoms with van der Waals surface area (Å²) in [6.07, 6.45) is 1.95. The summed E-state index contributed by atoms with van der Waals surface area (Å²) in [5.74, 6) is 1.27. The van der Waals surface area contributed by atoms with Gasteiger partial charge in [-0.3, -0.25) is 0 Å². The van der Waals surface area contributed by atoms with Crippen LogP contribution in [0.15, 0.2) is 52.3 Å². The summed E-state index contributed by atoms with van der Waals surface area (Å²) < 4.78 is 39.1. The Hall–Kier alpha value is -1.70. The fourth-order valence-corrected chi connectivity index (χ4v) is 4.10. The Morgan fingerprint density at radius 2 is 1.62 bits per heavy atom. The lowest BCUT2D eigenvalue weighted by Crippen LogP contribution is -2.26. The molecule has 2 aromatic rings. The third kappa shape index (κ3) is 5.16. The van der Waals surface area contributed by atoms with E-state index in [1.165, 1.54) is 0 Å². The average molecular weight is 396 g/mol. The zero-order valence-corrected chi connectivity index (χ0v) is 17.1. The van der Waals surface area contributed by atoms with Crippen LogP contribution in [-0.2, 0) is 10.0 Å². The van der Waals surface area contributed by atoms with Crippen molar-refractivity contribution in [3.63, 3.8) is 0 Å². The van der Waals surface area contributed by atoms with Crippen molar-refractivity contribution in [2.45, 2.75) is 36.6 Å². The molecule has 0 bridgehead atoms. The second-order valence-electron chi connectivity index (χ2n) is 5.59. The number of benzene rings is 2. The third-order valence-corrected chi connectivity index (χ3v) is 6.07. The molecule has 0 saturated carbocycles.